The first-order valence-corrected chi connectivity index (χ1v) is 23.4. The van der Waals surface area contributed by atoms with Crippen molar-refractivity contribution >= 4 is 29.7 Å². The molecular formula is C57H57NO13. The molecule has 8 unspecified atom stereocenters. The number of carbonyl (C=O) groups excluding carboxylic acids is 5. The molecule has 6 aromatic carbocycles. The van der Waals surface area contributed by atoms with Gasteiger partial charge in [0.25, 0.3) is 0 Å². The van der Waals surface area contributed by atoms with Crippen LogP contribution in [0.25, 0.3) is 0 Å². The number of Topliss-reactive ketones (excluding diaryl/α,β-unsaturated/α-hetero) is 1. The van der Waals surface area contributed by atoms with Crippen LogP contribution in [0.2, 0.25) is 0 Å². The minimum atomic E-state index is -1.30. The van der Waals surface area contributed by atoms with E-state index in [1.54, 1.807) is 115 Å². The fraction of sp³-hybridized carbons (Fsp3) is 0.281. The number of hydrogen-bond donors (Lipinski definition) is 1. The molecule has 2 fully saturated rings. The van der Waals surface area contributed by atoms with Crippen LogP contribution < -0.4 is 5.32 Å². The minimum absolute atomic E-state index is 0.0945. The molecule has 2 heterocycles. The predicted molar refractivity (Wildman–Crippen MR) is 261 cm³/mol. The number of methoxy groups -OCH3 is 1. The molecule has 6 aromatic rings. The van der Waals surface area contributed by atoms with Crippen LogP contribution in [0.5, 0.6) is 0 Å². The van der Waals surface area contributed by atoms with Crippen LogP contribution >= 0.6 is 0 Å². The van der Waals surface area contributed by atoms with Crippen molar-refractivity contribution in [1.82, 2.24) is 5.32 Å². The predicted octanol–water partition coefficient (Wildman–Crippen LogP) is 8.25. The topological polar surface area (TPSA) is 171 Å². The van der Waals surface area contributed by atoms with Gasteiger partial charge in [0.05, 0.1) is 62.4 Å². The normalized spacial score (nSPS) is 21.5. The van der Waals surface area contributed by atoms with E-state index < -0.39 is 48.6 Å². The third-order valence-electron chi connectivity index (χ3n) is 11.8. The Morgan fingerprint density at radius 3 is 1.55 bits per heavy atom. The lowest BCUT2D eigenvalue weighted by molar-refractivity contribution is -0.214. The lowest BCUT2D eigenvalue weighted by atomic mass is 9.91. The molecule has 2 saturated heterocycles. The maximum absolute atomic E-state index is 13.2. The molecule has 0 bridgehead atoms. The van der Waals surface area contributed by atoms with E-state index in [1.165, 1.54) is 7.11 Å². The van der Waals surface area contributed by atoms with Crippen molar-refractivity contribution in [3.63, 3.8) is 0 Å². The van der Waals surface area contributed by atoms with Crippen molar-refractivity contribution in [2.24, 2.45) is 5.92 Å². The highest BCUT2D eigenvalue weighted by Crippen LogP contribution is 2.29. The maximum atomic E-state index is 13.2. The van der Waals surface area contributed by atoms with Crippen LogP contribution in [0, 0.1) is 5.92 Å². The van der Waals surface area contributed by atoms with Crippen LogP contribution in [0.1, 0.15) is 65.9 Å². The van der Waals surface area contributed by atoms with Gasteiger partial charge in [-0.25, -0.2) is 19.2 Å². The van der Waals surface area contributed by atoms with Crippen LogP contribution in [0.4, 0.5) is 0 Å². The standard InChI is InChI=1S/C35H31NO8.C22H26O5/c37-29(24-13-5-1-6-14-24)22-36-31-30(43-33(39)26-17-9-3-10-18-26)21-28(23-41-32(38)25-15-7-2-8-16-25)42-35(31)44-34(40)27-19-11-4-12-20-27;1-16-20(26-14-18-11-7-4-8-12-18)19(15-27-21(16)22(23)24-2)25-13-17-9-5-3-6-10-17/h1-20,28,30-31,35-36H,21-23H2;3-12,16,19-21H,13-15H2,1-2H3. The van der Waals surface area contributed by atoms with Crippen LogP contribution in [-0.4, -0.2) is 99.4 Å². The van der Waals surface area contributed by atoms with Crippen LogP contribution in [0.3, 0.4) is 0 Å². The molecule has 368 valence electrons. The van der Waals surface area contributed by atoms with Crippen molar-refractivity contribution in [2.45, 2.75) is 69.4 Å². The maximum Gasteiger partial charge on any atom is 0.340 e. The van der Waals surface area contributed by atoms with Gasteiger partial charge in [-0.15, -0.1) is 0 Å². The lowest BCUT2D eigenvalue weighted by Gasteiger charge is -2.40. The van der Waals surface area contributed by atoms with Crippen molar-refractivity contribution in [2.75, 3.05) is 26.9 Å². The summed E-state index contributed by atoms with van der Waals surface area (Å²) in [6.45, 7) is 2.81. The molecule has 0 aliphatic carbocycles. The number of hydrogen-bond acceptors (Lipinski definition) is 14. The first kappa shape index (κ1) is 51.5. The van der Waals surface area contributed by atoms with Gasteiger partial charge in [0, 0.05) is 17.9 Å². The second-order valence-electron chi connectivity index (χ2n) is 16.8. The number of ether oxygens (including phenoxy) is 8. The summed E-state index contributed by atoms with van der Waals surface area (Å²) in [6.07, 6.45) is -4.10. The van der Waals surface area contributed by atoms with Crippen molar-refractivity contribution < 1.29 is 61.9 Å². The van der Waals surface area contributed by atoms with Crippen molar-refractivity contribution in [1.29, 1.82) is 0 Å². The highest BCUT2D eigenvalue weighted by Gasteiger charge is 2.45. The van der Waals surface area contributed by atoms with E-state index in [-0.39, 0.29) is 61.6 Å². The van der Waals surface area contributed by atoms with Gasteiger partial charge in [-0.05, 0) is 47.5 Å². The first-order chi connectivity index (χ1) is 34.7. The molecule has 0 saturated carbocycles. The average Bonchev–Trinajstić information content (AvgIpc) is 3.42. The smallest absolute Gasteiger partial charge is 0.340 e. The molecule has 71 heavy (non-hydrogen) atoms. The third kappa shape index (κ3) is 15.1. The number of benzene rings is 6. The van der Waals surface area contributed by atoms with E-state index in [2.05, 4.69) is 5.32 Å². The van der Waals surface area contributed by atoms with E-state index in [0.717, 1.165) is 11.1 Å². The molecule has 0 aromatic heterocycles. The second-order valence-corrected chi connectivity index (χ2v) is 16.8. The number of nitrogens with one attached hydrogen (secondary N) is 1. The SMILES string of the molecule is COC(=O)C1OCC(OCc2ccccc2)C(OCc2ccccc2)C1C.O=C(CNC1C(OC(=O)c2ccccc2)CC(COC(=O)c2ccccc2)OC1OC(=O)c1ccccc1)c1ccccc1. The Balaban J connectivity index is 0.000000235. The molecular weight excluding hydrogens is 907 g/mol. The van der Waals surface area contributed by atoms with E-state index in [0.29, 0.717) is 29.9 Å². The molecule has 1 N–H and O–H groups in total. The molecule has 0 spiro atoms. The number of esters is 4. The summed E-state index contributed by atoms with van der Waals surface area (Å²) in [5, 5.41) is 3.11. The minimum Gasteiger partial charge on any atom is -0.467 e. The highest BCUT2D eigenvalue weighted by molar-refractivity contribution is 5.97. The highest BCUT2D eigenvalue weighted by atomic mass is 16.7. The molecule has 8 atom stereocenters. The monoisotopic (exact) mass is 963 g/mol. The Kier molecular flexibility index (Phi) is 19.3. The molecule has 2 aliphatic heterocycles. The summed E-state index contributed by atoms with van der Waals surface area (Å²) in [5.41, 5.74) is 3.61. The average molecular weight is 964 g/mol. The summed E-state index contributed by atoms with van der Waals surface area (Å²) in [5.74, 6) is -2.61. The fourth-order valence-corrected chi connectivity index (χ4v) is 8.06. The van der Waals surface area contributed by atoms with Gasteiger partial charge in [-0.3, -0.25) is 10.1 Å². The fourth-order valence-electron chi connectivity index (χ4n) is 8.06. The molecule has 14 nitrogen and oxygen atoms in total. The Hall–Kier alpha value is -7.33. The zero-order valence-electron chi connectivity index (χ0n) is 39.5. The van der Waals surface area contributed by atoms with E-state index in [4.69, 9.17) is 37.9 Å². The van der Waals surface area contributed by atoms with Gasteiger partial charge in [0.2, 0.25) is 6.29 Å². The van der Waals surface area contributed by atoms with E-state index >= 15 is 0 Å². The van der Waals surface area contributed by atoms with E-state index in [9.17, 15) is 24.0 Å². The zero-order chi connectivity index (χ0) is 49.8. The second kappa shape index (κ2) is 26.6. The Morgan fingerprint density at radius 1 is 0.563 bits per heavy atom. The van der Waals surface area contributed by atoms with Gasteiger partial charge in [0.15, 0.2) is 11.9 Å². The van der Waals surface area contributed by atoms with Crippen molar-refractivity contribution in [3.8, 4) is 0 Å². The molecule has 0 amide bonds. The number of ketones is 1. The molecule has 14 heteroatoms. The molecule has 2 aliphatic rings. The Morgan fingerprint density at radius 2 is 1.03 bits per heavy atom. The summed E-state index contributed by atoms with van der Waals surface area (Å²) < 4.78 is 46.3. The Bertz CT molecular complexity index is 2520. The Labute approximate surface area is 413 Å². The van der Waals surface area contributed by atoms with Gasteiger partial charge < -0.3 is 37.9 Å². The first-order valence-electron chi connectivity index (χ1n) is 23.4. The summed E-state index contributed by atoms with van der Waals surface area (Å²) >= 11 is 0. The van der Waals surface area contributed by atoms with Gasteiger partial charge in [-0.2, -0.15) is 0 Å². The lowest BCUT2D eigenvalue weighted by Crippen LogP contribution is -2.59. The van der Waals surface area contributed by atoms with Crippen LogP contribution in [-0.2, 0) is 55.9 Å². The van der Waals surface area contributed by atoms with Gasteiger partial charge in [-0.1, -0.05) is 153 Å². The molecule has 8 rings (SSSR count). The van der Waals surface area contributed by atoms with Gasteiger partial charge in [0.1, 0.15) is 24.9 Å². The summed E-state index contributed by atoms with van der Waals surface area (Å²) in [4.78, 5) is 64.0. The van der Waals surface area contributed by atoms with E-state index in [1.807, 2.05) is 73.7 Å². The van der Waals surface area contributed by atoms with Gasteiger partial charge >= 0.3 is 23.9 Å². The largest absolute Gasteiger partial charge is 0.467 e. The summed E-state index contributed by atoms with van der Waals surface area (Å²) in [7, 11) is 1.37. The third-order valence-corrected chi connectivity index (χ3v) is 11.8. The van der Waals surface area contributed by atoms with Crippen molar-refractivity contribution in [3.05, 3.63) is 215 Å². The number of rotatable bonds is 18. The van der Waals surface area contributed by atoms with Crippen LogP contribution in [0.15, 0.2) is 182 Å². The quantitative estimate of drug-likeness (QED) is 0.0496. The zero-order valence-corrected chi connectivity index (χ0v) is 39.5. The number of carbonyl (C=O) groups is 5. The molecule has 0 radical (unpaired) electrons. The summed E-state index contributed by atoms with van der Waals surface area (Å²) in [6, 6.07) is 53.0.